The van der Waals surface area contributed by atoms with Gasteiger partial charge in [-0.05, 0) is 72.8 Å². The maximum Gasteiger partial charge on any atom is 0.181 e. The van der Waals surface area contributed by atoms with Gasteiger partial charge in [0.25, 0.3) is 0 Å². The summed E-state index contributed by atoms with van der Waals surface area (Å²) in [5, 5.41) is 21.7. The average Bonchev–Trinajstić information content (AvgIpc) is 4.27. The summed E-state index contributed by atoms with van der Waals surface area (Å²) in [6, 6.07) is 64.2. The fourth-order valence-corrected chi connectivity index (χ4v) is 6.95. The van der Waals surface area contributed by atoms with Gasteiger partial charge in [-0.25, -0.2) is 29.9 Å². The molecule has 9 heterocycles. The van der Waals surface area contributed by atoms with Crippen molar-refractivity contribution < 1.29 is 38.6 Å². The molecule has 0 bridgehead atoms. The Bertz CT molecular complexity index is 3130. The van der Waals surface area contributed by atoms with Crippen LogP contribution in [0.4, 0.5) is 0 Å². The van der Waals surface area contributed by atoms with Crippen molar-refractivity contribution in [1.29, 1.82) is 0 Å². The molecule has 1 radical (unpaired) electrons. The second kappa shape index (κ2) is 22.8. The van der Waals surface area contributed by atoms with E-state index in [4.69, 9.17) is 0 Å². The van der Waals surface area contributed by atoms with Crippen molar-refractivity contribution in [1.82, 2.24) is 75.4 Å². The third-order valence-corrected chi connectivity index (χ3v) is 10.3. The quantitative estimate of drug-likeness (QED) is 0.124. The van der Waals surface area contributed by atoms with Crippen LogP contribution in [0.5, 0.6) is 0 Å². The molecule has 0 aliphatic heterocycles. The van der Waals surface area contributed by atoms with Crippen molar-refractivity contribution in [3.63, 3.8) is 0 Å². The largest absolute Gasteiger partial charge is 0.257 e. The topological polar surface area (TPSA) is 202 Å². The Morgan fingerprint density at radius 3 is 0.757 bits per heavy atom. The summed E-state index contributed by atoms with van der Waals surface area (Å²) >= 11 is 0. The van der Waals surface area contributed by atoms with Crippen molar-refractivity contribution >= 4 is 0 Å². The van der Waals surface area contributed by atoms with Gasteiger partial charge < -0.3 is 0 Å². The van der Waals surface area contributed by atoms with Gasteiger partial charge in [0, 0.05) is 73.9 Å². The fraction of sp³-hybridized carbons (Fsp3) is 0. The molecule has 0 atom stereocenters. The summed E-state index contributed by atoms with van der Waals surface area (Å²) in [5.74, 6) is 3.90. The standard InChI is InChI=1S/3C18H13N5.Tb/c3*1-2-7-13(8-3-1)17-21-18(23-22-17)16-11-6-10-15(20-16)14-9-4-5-12-19-14;/h3*1-12H,(H,21,22,23);. The van der Waals surface area contributed by atoms with Crippen molar-refractivity contribution in [2.24, 2.45) is 0 Å². The Morgan fingerprint density at radius 2 is 0.486 bits per heavy atom. The summed E-state index contributed by atoms with van der Waals surface area (Å²) in [6.07, 6.45) is 5.27. The summed E-state index contributed by atoms with van der Waals surface area (Å²) in [7, 11) is 0. The van der Waals surface area contributed by atoms with Crippen LogP contribution >= 0.6 is 0 Å². The molecule has 15 nitrogen and oxygen atoms in total. The molecule has 3 aromatic carbocycles. The first kappa shape index (κ1) is 46.4. The van der Waals surface area contributed by atoms with Crippen LogP contribution in [-0.2, 0) is 0 Å². The van der Waals surface area contributed by atoms with E-state index in [1.165, 1.54) is 0 Å². The van der Waals surface area contributed by atoms with Gasteiger partial charge in [-0.1, -0.05) is 127 Å². The number of aromatic amines is 3. The zero-order chi connectivity index (χ0) is 46.5. The minimum atomic E-state index is 0. The Labute approximate surface area is 432 Å². The zero-order valence-electron chi connectivity index (χ0n) is 37.0. The SMILES string of the molecule is [Tb].c1ccc(-c2n[nH]c(-c3cccc(-c4ccccn4)n3)n2)cc1.c1ccc(-c2n[nH]c(-c3cccc(-c4ccccn4)n3)n2)cc1.c1ccc(-c2n[nH]c(-c3cccc(-c4ccccn4)n3)n2)cc1. The van der Waals surface area contributed by atoms with E-state index in [2.05, 4.69) is 75.4 Å². The monoisotopic (exact) mass is 1060 g/mol. The number of nitrogens with zero attached hydrogens (tertiary/aromatic N) is 12. The summed E-state index contributed by atoms with van der Waals surface area (Å²) in [5.41, 5.74) is 10.0. The van der Waals surface area contributed by atoms with Gasteiger partial charge in [0.2, 0.25) is 0 Å². The fourth-order valence-electron chi connectivity index (χ4n) is 6.95. The first-order valence-corrected chi connectivity index (χ1v) is 21.8. The molecular formula is C54H39N15Tb. The number of aromatic nitrogens is 15. The minimum Gasteiger partial charge on any atom is -0.257 e. The van der Waals surface area contributed by atoms with Gasteiger partial charge in [-0.3, -0.25) is 30.2 Å². The van der Waals surface area contributed by atoms with Crippen molar-refractivity contribution in [2.45, 2.75) is 0 Å². The maximum atomic E-state index is 4.62. The van der Waals surface area contributed by atoms with E-state index in [0.717, 1.165) is 67.9 Å². The number of hydrogen-bond donors (Lipinski definition) is 3. The molecule has 0 spiro atoms. The van der Waals surface area contributed by atoms with Crippen LogP contribution < -0.4 is 0 Å². The Balaban J connectivity index is 0.000000129. The van der Waals surface area contributed by atoms with Crippen LogP contribution in [0, 0.1) is 38.6 Å². The van der Waals surface area contributed by atoms with E-state index >= 15 is 0 Å². The first-order chi connectivity index (χ1) is 34.2. The number of rotatable bonds is 9. The summed E-state index contributed by atoms with van der Waals surface area (Å²) in [6.45, 7) is 0. The van der Waals surface area contributed by atoms with Gasteiger partial charge in [-0.15, -0.1) is 0 Å². The molecule has 16 heteroatoms. The maximum absolute atomic E-state index is 4.62. The van der Waals surface area contributed by atoms with Crippen molar-refractivity contribution in [3.8, 4) is 103 Å². The molecule has 12 aromatic rings. The van der Waals surface area contributed by atoms with Gasteiger partial charge in [0.05, 0.1) is 34.2 Å². The number of hydrogen-bond acceptors (Lipinski definition) is 12. The molecule has 0 saturated heterocycles. The Hall–Kier alpha value is -8.73. The molecule has 70 heavy (non-hydrogen) atoms. The predicted octanol–water partition coefficient (Wildman–Crippen LogP) is 10.8. The minimum absolute atomic E-state index is 0. The molecule has 0 unspecified atom stereocenters. The summed E-state index contributed by atoms with van der Waals surface area (Å²) < 4.78 is 0. The summed E-state index contributed by atoms with van der Waals surface area (Å²) in [4.78, 5) is 40.5. The Kier molecular flexibility index (Phi) is 15.1. The second-order valence-corrected chi connectivity index (χ2v) is 15.0. The van der Waals surface area contributed by atoms with Gasteiger partial charge >= 0.3 is 0 Å². The third-order valence-electron chi connectivity index (χ3n) is 10.3. The first-order valence-electron chi connectivity index (χ1n) is 21.8. The van der Waals surface area contributed by atoms with Crippen LogP contribution in [0.15, 0.2) is 219 Å². The number of nitrogens with one attached hydrogen (secondary N) is 3. The third kappa shape index (κ3) is 11.5. The van der Waals surface area contributed by atoms with Gasteiger partial charge in [-0.2, -0.15) is 15.3 Å². The second-order valence-electron chi connectivity index (χ2n) is 15.0. The molecule has 0 amide bonds. The number of benzene rings is 3. The average molecular weight is 1060 g/mol. The molecule has 0 saturated carbocycles. The van der Waals surface area contributed by atoms with Crippen LogP contribution in [0.2, 0.25) is 0 Å². The van der Waals surface area contributed by atoms with Crippen molar-refractivity contribution in [3.05, 3.63) is 219 Å². The van der Waals surface area contributed by atoms with Crippen molar-refractivity contribution in [2.75, 3.05) is 0 Å². The molecule has 339 valence electrons. The van der Waals surface area contributed by atoms with Crippen LogP contribution in [0.1, 0.15) is 0 Å². The molecule has 0 aliphatic carbocycles. The smallest absolute Gasteiger partial charge is 0.181 e. The zero-order valence-corrected chi connectivity index (χ0v) is 39.1. The number of H-pyrrole nitrogens is 3. The van der Waals surface area contributed by atoms with Gasteiger partial charge in [0.15, 0.2) is 34.9 Å². The number of pyridine rings is 6. The molecule has 0 aliphatic rings. The van der Waals surface area contributed by atoms with E-state index in [0.29, 0.717) is 34.9 Å². The van der Waals surface area contributed by atoms with Crippen LogP contribution in [0.3, 0.4) is 0 Å². The molecule has 9 aromatic heterocycles. The van der Waals surface area contributed by atoms with E-state index < -0.39 is 0 Å². The van der Waals surface area contributed by atoms with Gasteiger partial charge in [0.1, 0.15) is 17.1 Å². The molecule has 0 fully saturated rings. The molecular weight excluding hydrogens is 1020 g/mol. The molecule has 3 N–H and O–H groups in total. The van der Waals surface area contributed by atoms with Crippen LogP contribution in [0.25, 0.3) is 103 Å². The normalized spacial score (nSPS) is 10.5. The predicted molar refractivity (Wildman–Crippen MR) is 265 cm³/mol. The Morgan fingerprint density at radius 1 is 0.229 bits per heavy atom. The molecule has 12 rings (SSSR count). The van der Waals surface area contributed by atoms with E-state index in [-0.39, 0.29) is 38.6 Å². The van der Waals surface area contributed by atoms with Crippen LogP contribution in [-0.4, -0.2) is 75.4 Å². The van der Waals surface area contributed by atoms with E-state index in [9.17, 15) is 0 Å². The van der Waals surface area contributed by atoms with E-state index in [1.807, 2.05) is 200 Å². The van der Waals surface area contributed by atoms with E-state index in [1.54, 1.807) is 18.6 Å².